The minimum absolute atomic E-state index is 0.00199. The third kappa shape index (κ3) is 5.95. The summed E-state index contributed by atoms with van der Waals surface area (Å²) in [6.45, 7) is -0.457. The average molecular weight is 571 g/mol. The summed E-state index contributed by atoms with van der Waals surface area (Å²) < 4.78 is 26.6. The smallest absolute Gasteiger partial charge is 0.338 e. The van der Waals surface area contributed by atoms with Gasteiger partial charge in [-0.2, -0.15) is 5.10 Å². The molecule has 2 aliphatic rings. The van der Waals surface area contributed by atoms with Crippen LogP contribution in [0.25, 0.3) is 6.08 Å². The Hall–Kier alpha value is -4.79. The molecule has 3 aromatic rings. The molecule has 0 aromatic heterocycles. The van der Waals surface area contributed by atoms with Crippen molar-refractivity contribution >= 4 is 23.7 Å². The third-order valence-electron chi connectivity index (χ3n) is 7.62. The van der Waals surface area contributed by atoms with Gasteiger partial charge in [-0.15, -0.1) is 0 Å². The van der Waals surface area contributed by atoms with Crippen molar-refractivity contribution < 1.29 is 33.3 Å². The molecule has 1 aliphatic carbocycles. The van der Waals surface area contributed by atoms with Crippen molar-refractivity contribution in [2.24, 2.45) is 11.0 Å². The Bertz CT molecular complexity index is 1500. The van der Waals surface area contributed by atoms with Crippen LogP contribution >= 0.6 is 0 Å². The minimum Gasteiger partial charge on any atom is -0.497 e. The number of hydrazone groups is 1. The largest absolute Gasteiger partial charge is 0.497 e. The summed E-state index contributed by atoms with van der Waals surface area (Å²) in [7, 11) is 6.26. The minimum atomic E-state index is -0.644. The number of esters is 1. The van der Waals surface area contributed by atoms with Gasteiger partial charge in [-0.1, -0.05) is 24.3 Å². The molecule has 0 saturated heterocycles. The molecule has 0 N–H and O–H groups in total. The van der Waals surface area contributed by atoms with E-state index in [4.69, 9.17) is 28.8 Å². The van der Waals surface area contributed by atoms with Crippen molar-refractivity contribution in [3.05, 3.63) is 89.0 Å². The van der Waals surface area contributed by atoms with Crippen LogP contribution in [0, 0.1) is 5.92 Å². The van der Waals surface area contributed by atoms with E-state index >= 15 is 0 Å². The standard InChI is InChI=1S/C33H34N2O7/c1-38-25-13-8-21(9-14-25)18-23-6-5-7-27-31(23)34-35(32(27)22-10-15-26(39-2)16-11-22)30(36)20-42-33(37)24-12-17-28(40-3)29(19-24)41-4/h8-19,27,32H,5-7,20H2,1-4H3. The highest BCUT2D eigenvalue weighted by Gasteiger charge is 2.44. The third-order valence-corrected chi connectivity index (χ3v) is 7.62. The monoisotopic (exact) mass is 570 g/mol. The van der Waals surface area contributed by atoms with Gasteiger partial charge in [-0.05, 0) is 84.5 Å². The van der Waals surface area contributed by atoms with Gasteiger partial charge in [0.1, 0.15) is 11.5 Å². The maximum atomic E-state index is 13.6. The Labute approximate surface area is 245 Å². The topological polar surface area (TPSA) is 95.9 Å². The van der Waals surface area contributed by atoms with Crippen molar-refractivity contribution in [1.29, 1.82) is 0 Å². The zero-order chi connectivity index (χ0) is 29.6. The van der Waals surface area contributed by atoms with E-state index in [-0.39, 0.29) is 17.5 Å². The second-order valence-electron chi connectivity index (χ2n) is 10.0. The number of benzene rings is 3. The van der Waals surface area contributed by atoms with Crippen molar-refractivity contribution in [2.75, 3.05) is 35.0 Å². The first-order valence-corrected chi connectivity index (χ1v) is 13.7. The fraction of sp³-hybridized carbons (Fsp3) is 0.303. The highest BCUT2D eigenvalue weighted by Crippen LogP contribution is 2.44. The lowest BCUT2D eigenvalue weighted by Gasteiger charge is -2.29. The maximum Gasteiger partial charge on any atom is 0.338 e. The van der Waals surface area contributed by atoms with Crippen LogP contribution in [-0.2, 0) is 9.53 Å². The molecule has 42 heavy (non-hydrogen) atoms. The van der Waals surface area contributed by atoms with Crippen molar-refractivity contribution in [3.8, 4) is 23.0 Å². The predicted molar refractivity (Wildman–Crippen MR) is 158 cm³/mol. The molecule has 2 atom stereocenters. The van der Waals surface area contributed by atoms with Crippen LogP contribution in [0.1, 0.15) is 46.8 Å². The zero-order valence-corrected chi connectivity index (χ0v) is 24.2. The Morgan fingerprint density at radius 2 is 1.52 bits per heavy atom. The Morgan fingerprint density at radius 1 is 0.857 bits per heavy atom. The molecule has 2 unspecified atom stereocenters. The van der Waals surface area contributed by atoms with E-state index < -0.39 is 18.5 Å². The fourth-order valence-electron chi connectivity index (χ4n) is 5.48. The fourth-order valence-corrected chi connectivity index (χ4v) is 5.48. The average Bonchev–Trinajstić information content (AvgIpc) is 3.44. The normalized spacial score (nSPS) is 18.6. The molecule has 218 valence electrons. The number of ether oxygens (including phenoxy) is 5. The number of fused-ring (bicyclic) bond motifs is 1. The van der Waals surface area contributed by atoms with Crippen LogP contribution in [0.15, 0.2) is 77.4 Å². The molecule has 9 heteroatoms. The predicted octanol–water partition coefficient (Wildman–Crippen LogP) is 5.70. The molecule has 1 amide bonds. The van der Waals surface area contributed by atoms with E-state index in [1.807, 2.05) is 48.5 Å². The summed E-state index contributed by atoms with van der Waals surface area (Å²) in [5.41, 5.74) is 4.19. The number of carbonyl (C=O) groups excluding carboxylic acids is 2. The molecule has 1 fully saturated rings. The number of hydrogen-bond acceptors (Lipinski definition) is 8. The Morgan fingerprint density at radius 3 is 2.17 bits per heavy atom. The van der Waals surface area contributed by atoms with Crippen LogP contribution in [0.5, 0.6) is 23.0 Å². The van der Waals surface area contributed by atoms with Crippen LogP contribution in [0.2, 0.25) is 0 Å². The van der Waals surface area contributed by atoms with Gasteiger partial charge in [-0.25, -0.2) is 9.80 Å². The van der Waals surface area contributed by atoms with Crippen molar-refractivity contribution in [3.63, 3.8) is 0 Å². The molecule has 0 radical (unpaired) electrons. The molecule has 1 saturated carbocycles. The second kappa shape index (κ2) is 12.8. The van der Waals surface area contributed by atoms with Gasteiger partial charge in [0, 0.05) is 5.92 Å². The number of hydrogen-bond donors (Lipinski definition) is 0. The number of carbonyl (C=O) groups is 2. The van der Waals surface area contributed by atoms with Crippen LogP contribution in [-0.4, -0.2) is 57.6 Å². The molecule has 1 aliphatic heterocycles. The van der Waals surface area contributed by atoms with Crippen molar-refractivity contribution in [1.82, 2.24) is 5.01 Å². The molecule has 3 aromatic carbocycles. The number of allylic oxidation sites excluding steroid dienone is 1. The van der Waals surface area contributed by atoms with Gasteiger partial charge in [-0.3, -0.25) is 4.79 Å². The Kier molecular flexibility index (Phi) is 8.76. The summed E-state index contributed by atoms with van der Waals surface area (Å²) in [5.74, 6) is 1.34. The molecule has 0 spiro atoms. The summed E-state index contributed by atoms with van der Waals surface area (Å²) in [4.78, 5) is 26.5. The first-order chi connectivity index (χ1) is 20.4. The molecule has 1 heterocycles. The summed E-state index contributed by atoms with van der Waals surface area (Å²) in [5, 5.41) is 6.35. The Balaban J connectivity index is 1.41. The molecular formula is C33H34N2O7. The second-order valence-corrected chi connectivity index (χ2v) is 10.0. The number of nitrogens with zero attached hydrogens (tertiary/aromatic N) is 2. The van der Waals surface area contributed by atoms with E-state index in [1.54, 1.807) is 26.4 Å². The van der Waals surface area contributed by atoms with Gasteiger partial charge >= 0.3 is 5.97 Å². The zero-order valence-electron chi connectivity index (χ0n) is 24.2. The molecule has 0 bridgehead atoms. The number of amides is 1. The van der Waals surface area contributed by atoms with E-state index in [0.29, 0.717) is 11.5 Å². The lowest BCUT2D eigenvalue weighted by Crippen LogP contribution is -2.34. The van der Waals surface area contributed by atoms with Crippen LogP contribution < -0.4 is 18.9 Å². The van der Waals surface area contributed by atoms with Crippen molar-refractivity contribution in [2.45, 2.75) is 25.3 Å². The van der Waals surface area contributed by atoms with Gasteiger partial charge in [0.2, 0.25) is 0 Å². The molecular weight excluding hydrogens is 536 g/mol. The lowest BCUT2D eigenvalue weighted by atomic mass is 9.77. The summed E-state index contributed by atoms with van der Waals surface area (Å²) >= 11 is 0. The quantitative estimate of drug-likeness (QED) is 0.305. The van der Waals surface area contributed by atoms with Gasteiger partial charge in [0.15, 0.2) is 18.1 Å². The van der Waals surface area contributed by atoms with Crippen LogP contribution in [0.4, 0.5) is 0 Å². The van der Waals surface area contributed by atoms with Gasteiger partial charge < -0.3 is 23.7 Å². The molecule has 5 rings (SSSR count). The van der Waals surface area contributed by atoms with E-state index in [0.717, 1.165) is 53.2 Å². The highest BCUT2D eigenvalue weighted by molar-refractivity contribution is 6.08. The highest BCUT2D eigenvalue weighted by atomic mass is 16.5. The summed E-state index contributed by atoms with van der Waals surface area (Å²) in [6, 6.07) is 19.9. The van der Waals surface area contributed by atoms with Gasteiger partial charge in [0.25, 0.3) is 5.91 Å². The first kappa shape index (κ1) is 28.7. The maximum absolute atomic E-state index is 13.6. The molecule has 9 nitrogen and oxygen atoms in total. The van der Waals surface area contributed by atoms with Gasteiger partial charge in [0.05, 0.1) is 45.8 Å². The van der Waals surface area contributed by atoms with E-state index in [9.17, 15) is 9.59 Å². The first-order valence-electron chi connectivity index (χ1n) is 13.7. The van der Waals surface area contributed by atoms with Crippen LogP contribution in [0.3, 0.4) is 0 Å². The van der Waals surface area contributed by atoms with E-state index in [1.165, 1.54) is 25.3 Å². The number of rotatable bonds is 9. The number of methoxy groups -OCH3 is 4. The SMILES string of the molecule is COc1ccc(C=C2CCCC3C2=NN(C(=O)COC(=O)c2ccc(OC)c(OC)c2)C3c2ccc(OC)cc2)cc1. The summed E-state index contributed by atoms with van der Waals surface area (Å²) in [6.07, 6.45) is 4.83. The van der Waals surface area contributed by atoms with E-state index in [2.05, 4.69) is 6.08 Å². The lowest BCUT2D eigenvalue weighted by molar-refractivity contribution is -0.137.